The SMILES string of the molecule is O=C(C1CC1c1ccc(C(F)(F)F)cc1)N(CCN1CCOCC1)c1ccccc1. The van der Waals surface area contributed by atoms with Crippen molar-refractivity contribution in [2.45, 2.75) is 18.5 Å². The monoisotopic (exact) mass is 418 g/mol. The van der Waals surface area contributed by atoms with E-state index in [4.69, 9.17) is 4.74 Å². The van der Waals surface area contributed by atoms with Crippen molar-refractivity contribution in [1.82, 2.24) is 4.90 Å². The number of carbonyl (C=O) groups excluding carboxylic acids is 1. The van der Waals surface area contributed by atoms with Crippen LogP contribution in [0.2, 0.25) is 0 Å². The van der Waals surface area contributed by atoms with E-state index in [1.54, 1.807) is 0 Å². The Hall–Kier alpha value is -2.38. The molecule has 7 heteroatoms. The minimum absolute atomic E-state index is 0.0191. The van der Waals surface area contributed by atoms with Gasteiger partial charge in [0, 0.05) is 37.8 Å². The maximum Gasteiger partial charge on any atom is 0.416 e. The highest BCUT2D eigenvalue weighted by Gasteiger charge is 2.46. The summed E-state index contributed by atoms with van der Waals surface area (Å²) in [5, 5.41) is 0. The number of benzene rings is 2. The second-order valence-electron chi connectivity index (χ2n) is 7.85. The van der Waals surface area contributed by atoms with Crippen LogP contribution < -0.4 is 4.90 Å². The molecule has 2 fully saturated rings. The third-order valence-corrected chi connectivity index (χ3v) is 5.85. The van der Waals surface area contributed by atoms with Gasteiger partial charge in [0.2, 0.25) is 5.91 Å². The van der Waals surface area contributed by atoms with Gasteiger partial charge in [-0.05, 0) is 42.2 Å². The van der Waals surface area contributed by atoms with E-state index >= 15 is 0 Å². The van der Waals surface area contributed by atoms with Crippen molar-refractivity contribution in [1.29, 1.82) is 0 Å². The van der Waals surface area contributed by atoms with Crippen LogP contribution in [0.4, 0.5) is 18.9 Å². The van der Waals surface area contributed by atoms with Gasteiger partial charge >= 0.3 is 6.18 Å². The molecule has 1 saturated heterocycles. The molecule has 0 spiro atoms. The predicted molar refractivity (Wildman–Crippen MR) is 108 cm³/mol. The lowest BCUT2D eigenvalue weighted by Gasteiger charge is -2.30. The van der Waals surface area contributed by atoms with Crippen molar-refractivity contribution in [3.05, 3.63) is 65.7 Å². The molecule has 2 aliphatic rings. The summed E-state index contributed by atoms with van der Waals surface area (Å²) in [6.07, 6.45) is -3.67. The molecule has 0 N–H and O–H groups in total. The second kappa shape index (κ2) is 8.78. The zero-order valence-electron chi connectivity index (χ0n) is 16.6. The zero-order valence-corrected chi connectivity index (χ0v) is 16.6. The van der Waals surface area contributed by atoms with E-state index in [9.17, 15) is 18.0 Å². The fourth-order valence-electron chi connectivity index (χ4n) is 4.00. The van der Waals surface area contributed by atoms with Gasteiger partial charge in [-0.2, -0.15) is 13.2 Å². The molecule has 1 saturated carbocycles. The summed E-state index contributed by atoms with van der Waals surface area (Å²) in [6.45, 7) is 4.47. The number of ether oxygens (including phenoxy) is 1. The molecule has 0 radical (unpaired) electrons. The molecule has 2 unspecified atom stereocenters. The molecular formula is C23H25F3N2O2. The molecule has 2 aromatic rings. The summed E-state index contributed by atoms with van der Waals surface area (Å²) in [7, 11) is 0. The Morgan fingerprint density at radius 3 is 2.33 bits per heavy atom. The van der Waals surface area contributed by atoms with Crippen LogP contribution in [0.1, 0.15) is 23.5 Å². The lowest BCUT2D eigenvalue weighted by atomic mass is 10.1. The van der Waals surface area contributed by atoms with Crippen molar-refractivity contribution < 1.29 is 22.7 Å². The molecule has 2 aromatic carbocycles. The topological polar surface area (TPSA) is 32.8 Å². The predicted octanol–water partition coefficient (Wildman–Crippen LogP) is 4.17. The number of anilines is 1. The first-order chi connectivity index (χ1) is 14.4. The number of alkyl halides is 3. The molecule has 160 valence electrons. The van der Waals surface area contributed by atoms with Crippen molar-refractivity contribution in [3.63, 3.8) is 0 Å². The Kier molecular flexibility index (Phi) is 6.11. The van der Waals surface area contributed by atoms with Gasteiger partial charge < -0.3 is 9.64 Å². The number of para-hydroxylation sites is 1. The van der Waals surface area contributed by atoms with Crippen LogP contribution in [0, 0.1) is 5.92 Å². The average molecular weight is 418 g/mol. The summed E-state index contributed by atoms with van der Waals surface area (Å²) in [5.74, 6) is -0.166. The molecule has 2 atom stereocenters. The third kappa shape index (κ3) is 4.84. The number of nitrogens with zero attached hydrogens (tertiary/aromatic N) is 2. The number of hydrogen-bond acceptors (Lipinski definition) is 3. The Balaban J connectivity index is 1.44. The van der Waals surface area contributed by atoms with E-state index < -0.39 is 11.7 Å². The van der Waals surface area contributed by atoms with Crippen LogP contribution in [0.25, 0.3) is 0 Å². The number of amides is 1. The standard InChI is InChI=1S/C23H25F3N2O2/c24-23(25,26)18-8-6-17(7-9-18)20-16-21(20)22(29)28(19-4-2-1-3-5-19)11-10-27-12-14-30-15-13-27/h1-9,20-21H,10-16H2. The average Bonchev–Trinajstić information content (AvgIpc) is 3.56. The number of halogens is 3. The smallest absolute Gasteiger partial charge is 0.379 e. The maximum absolute atomic E-state index is 13.3. The van der Waals surface area contributed by atoms with E-state index in [0.29, 0.717) is 26.2 Å². The summed E-state index contributed by atoms with van der Waals surface area (Å²) in [6, 6.07) is 14.8. The fourth-order valence-corrected chi connectivity index (χ4v) is 4.00. The molecular weight excluding hydrogens is 393 g/mol. The van der Waals surface area contributed by atoms with Gasteiger partial charge in [0.15, 0.2) is 0 Å². The van der Waals surface area contributed by atoms with Gasteiger partial charge in [-0.3, -0.25) is 9.69 Å². The molecule has 30 heavy (non-hydrogen) atoms. The van der Waals surface area contributed by atoms with Crippen LogP contribution in [0.3, 0.4) is 0 Å². The first-order valence-electron chi connectivity index (χ1n) is 10.3. The third-order valence-electron chi connectivity index (χ3n) is 5.85. The Bertz CT molecular complexity index is 849. The van der Waals surface area contributed by atoms with Gasteiger partial charge in [0.1, 0.15) is 0 Å². The van der Waals surface area contributed by atoms with Crippen LogP contribution in [0.15, 0.2) is 54.6 Å². The van der Waals surface area contributed by atoms with E-state index in [1.165, 1.54) is 12.1 Å². The maximum atomic E-state index is 13.3. The van der Waals surface area contributed by atoms with Crippen LogP contribution in [-0.4, -0.2) is 50.2 Å². The molecule has 4 rings (SSSR count). The van der Waals surface area contributed by atoms with Crippen molar-refractivity contribution in [3.8, 4) is 0 Å². The first-order valence-corrected chi connectivity index (χ1v) is 10.3. The largest absolute Gasteiger partial charge is 0.416 e. The van der Waals surface area contributed by atoms with Gasteiger partial charge in [-0.15, -0.1) is 0 Å². The molecule has 1 amide bonds. The highest BCUT2D eigenvalue weighted by molar-refractivity contribution is 5.97. The highest BCUT2D eigenvalue weighted by atomic mass is 19.4. The molecule has 4 nitrogen and oxygen atoms in total. The Morgan fingerprint density at radius 2 is 1.70 bits per heavy atom. The van der Waals surface area contributed by atoms with E-state index in [-0.39, 0.29) is 17.7 Å². The normalized spacial score (nSPS) is 22.0. The van der Waals surface area contributed by atoms with Crippen molar-refractivity contribution >= 4 is 11.6 Å². The molecule has 1 heterocycles. The van der Waals surface area contributed by atoms with Gasteiger partial charge in [-0.1, -0.05) is 30.3 Å². The summed E-state index contributed by atoms with van der Waals surface area (Å²) < 4.78 is 43.8. The summed E-state index contributed by atoms with van der Waals surface area (Å²) in [5.41, 5.74) is 0.988. The van der Waals surface area contributed by atoms with E-state index in [2.05, 4.69) is 4.90 Å². The van der Waals surface area contributed by atoms with E-state index in [0.717, 1.165) is 43.0 Å². The van der Waals surface area contributed by atoms with Crippen molar-refractivity contribution in [2.24, 2.45) is 5.92 Å². The molecule has 0 bridgehead atoms. The molecule has 1 aliphatic carbocycles. The number of rotatable bonds is 6. The minimum Gasteiger partial charge on any atom is -0.379 e. The molecule has 1 aliphatic heterocycles. The zero-order chi connectivity index (χ0) is 21.1. The summed E-state index contributed by atoms with van der Waals surface area (Å²) >= 11 is 0. The van der Waals surface area contributed by atoms with Crippen LogP contribution in [0.5, 0.6) is 0 Å². The van der Waals surface area contributed by atoms with Gasteiger partial charge in [0.25, 0.3) is 0 Å². The van der Waals surface area contributed by atoms with Gasteiger partial charge in [-0.25, -0.2) is 0 Å². The Labute approximate surface area is 174 Å². The van der Waals surface area contributed by atoms with Crippen LogP contribution >= 0.6 is 0 Å². The fraction of sp³-hybridized carbons (Fsp3) is 0.435. The lowest BCUT2D eigenvalue weighted by Crippen LogP contribution is -2.43. The highest BCUT2D eigenvalue weighted by Crippen LogP contribution is 2.49. The molecule has 0 aromatic heterocycles. The van der Waals surface area contributed by atoms with Crippen molar-refractivity contribution in [2.75, 3.05) is 44.3 Å². The minimum atomic E-state index is -4.35. The number of morpholine rings is 1. The Morgan fingerprint density at radius 1 is 1.03 bits per heavy atom. The van der Waals surface area contributed by atoms with Crippen LogP contribution in [-0.2, 0) is 15.7 Å². The van der Waals surface area contributed by atoms with Gasteiger partial charge in [0.05, 0.1) is 18.8 Å². The van der Waals surface area contributed by atoms with E-state index in [1.807, 2.05) is 35.2 Å². The number of carbonyl (C=O) groups is 1. The quantitative estimate of drug-likeness (QED) is 0.706. The lowest BCUT2D eigenvalue weighted by molar-refractivity contribution is -0.137. The summed E-state index contributed by atoms with van der Waals surface area (Å²) in [4.78, 5) is 17.4. The second-order valence-corrected chi connectivity index (χ2v) is 7.85. The number of hydrogen-bond donors (Lipinski definition) is 0. The first kappa shape index (κ1) is 20.9.